The Morgan fingerprint density at radius 2 is 2.00 bits per heavy atom. The van der Waals surface area contributed by atoms with Crippen LogP contribution in [0.15, 0.2) is 24.3 Å². The summed E-state index contributed by atoms with van der Waals surface area (Å²) in [7, 11) is 1.99. The number of hydrogen-bond acceptors (Lipinski definition) is 3. The number of aromatic carboxylic acids is 1. The maximum atomic E-state index is 10.7. The summed E-state index contributed by atoms with van der Waals surface area (Å²) in [6.07, 6.45) is 0.680. The fraction of sp³-hybridized carbons (Fsp3) is 0.385. The second kappa shape index (κ2) is 6.47. The van der Waals surface area contributed by atoms with Crippen molar-refractivity contribution in [3.05, 3.63) is 35.4 Å². The number of carboxylic acid groups (broad SMARTS) is 1. The average Bonchev–Trinajstić information content (AvgIpc) is 2.28. The molecular formula is C13H18N2O2S. The third-order valence-electron chi connectivity index (χ3n) is 2.88. The van der Waals surface area contributed by atoms with Gasteiger partial charge in [0.25, 0.3) is 0 Å². The first-order valence-electron chi connectivity index (χ1n) is 5.71. The largest absolute Gasteiger partial charge is 0.478 e. The maximum absolute atomic E-state index is 10.7. The van der Waals surface area contributed by atoms with E-state index in [1.54, 1.807) is 12.1 Å². The molecule has 0 aromatic heterocycles. The molecule has 1 rings (SSSR count). The van der Waals surface area contributed by atoms with Gasteiger partial charge >= 0.3 is 5.97 Å². The topological polar surface area (TPSA) is 66.6 Å². The molecule has 18 heavy (non-hydrogen) atoms. The zero-order valence-electron chi connectivity index (χ0n) is 10.6. The zero-order valence-corrected chi connectivity index (χ0v) is 11.4. The summed E-state index contributed by atoms with van der Waals surface area (Å²) in [6, 6.07) is 7.15. The Balaban J connectivity index is 2.61. The van der Waals surface area contributed by atoms with Gasteiger partial charge in [-0.3, -0.25) is 4.90 Å². The van der Waals surface area contributed by atoms with E-state index in [1.807, 2.05) is 19.2 Å². The molecule has 0 spiro atoms. The maximum Gasteiger partial charge on any atom is 0.335 e. The van der Waals surface area contributed by atoms with E-state index in [1.165, 1.54) is 0 Å². The number of carboxylic acids is 1. The fourth-order valence-corrected chi connectivity index (χ4v) is 1.88. The van der Waals surface area contributed by atoms with E-state index >= 15 is 0 Å². The quantitative estimate of drug-likeness (QED) is 0.770. The second-order valence-electron chi connectivity index (χ2n) is 4.44. The Hall–Kier alpha value is -1.46. The molecule has 1 atom stereocenters. The molecule has 1 aromatic carbocycles. The number of benzene rings is 1. The minimum Gasteiger partial charge on any atom is -0.478 e. The summed E-state index contributed by atoms with van der Waals surface area (Å²) in [5.41, 5.74) is 6.89. The van der Waals surface area contributed by atoms with Crippen LogP contribution in [0.2, 0.25) is 0 Å². The second-order valence-corrected chi connectivity index (χ2v) is 4.96. The molecule has 0 amide bonds. The predicted octanol–water partition coefficient (Wildman–Crippen LogP) is 1.88. The van der Waals surface area contributed by atoms with Gasteiger partial charge in [0, 0.05) is 19.0 Å². The highest BCUT2D eigenvalue weighted by molar-refractivity contribution is 7.80. The first-order valence-corrected chi connectivity index (χ1v) is 6.11. The molecule has 0 heterocycles. The third kappa shape index (κ3) is 4.43. The van der Waals surface area contributed by atoms with Crippen molar-refractivity contribution in [1.82, 2.24) is 4.90 Å². The first kappa shape index (κ1) is 14.6. The molecule has 3 N–H and O–H groups in total. The number of nitrogens with two attached hydrogens (primary N) is 1. The Bertz CT molecular complexity index is 431. The number of hydrogen-bond donors (Lipinski definition) is 2. The summed E-state index contributed by atoms with van der Waals surface area (Å²) in [4.78, 5) is 13.4. The molecular weight excluding hydrogens is 248 g/mol. The van der Waals surface area contributed by atoms with Gasteiger partial charge in [-0.15, -0.1) is 0 Å². The van der Waals surface area contributed by atoms with E-state index in [2.05, 4.69) is 11.8 Å². The standard InChI is InChI=1S/C13H18N2O2S/c1-9(7-12(14)18)15(2)8-10-3-5-11(6-4-10)13(16)17/h3-6,9H,7-8H2,1-2H3,(H2,14,18)(H,16,17). The molecule has 98 valence electrons. The van der Waals surface area contributed by atoms with Crippen LogP contribution in [0.3, 0.4) is 0 Å². The smallest absolute Gasteiger partial charge is 0.335 e. The summed E-state index contributed by atoms with van der Waals surface area (Å²) in [6.45, 7) is 2.80. The first-order chi connectivity index (χ1) is 8.40. The molecule has 0 radical (unpaired) electrons. The van der Waals surface area contributed by atoms with Gasteiger partial charge in [0.15, 0.2) is 0 Å². The van der Waals surface area contributed by atoms with Crippen LogP contribution in [-0.2, 0) is 6.54 Å². The normalized spacial score (nSPS) is 12.4. The van der Waals surface area contributed by atoms with Crippen LogP contribution >= 0.6 is 12.2 Å². The van der Waals surface area contributed by atoms with Crippen molar-refractivity contribution in [2.24, 2.45) is 5.73 Å². The number of carbonyl (C=O) groups is 1. The number of rotatable bonds is 6. The Kier molecular flexibility index (Phi) is 5.25. The van der Waals surface area contributed by atoms with Crippen molar-refractivity contribution in [2.45, 2.75) is 25.9 Å². The Morgan fingerprint density at radius 3 is 2.44 bits per heavy atom. The van der Waals surface area contributed by atoms with Gasteiger partial charge in [-0.25, -0.2) is 4.79 Å². The van der Waals surface area contributed by atoms with Crippen molar-refractivity contribution in [2.75, 3.05) is 7.05 Å². The average molecular weight is 266 g/mol. The zero-order chi connectivity index (χ0) is 13.7. The molecule has 1 aromatic rings. The van der Waals surface area contributed by atoms with Gasteiger partial charge < -0.3 is 10.8 Å². The van der Waals surface area contributed by atoms with Crippen LogP contribution in [0, 0.1) is 0 Å². The van der Waals surface area contributed by atoms with E-state index in [0.29, 0.717) is 17.0 Å². The Morgan fingerprint density at radius 1 is 1.44 bits per heavy atom. The van der Waals surface area contributed by atoms with Gasteiger partial charge in [-0.1, -0.05) is 24.4 Å². The molecule has 0 aliphatic carbocycles. The number of thiocarbonyl (C=S) groups is 1. The van der Waals surface area contributed by atoms with Gasteiger partial charge in [0.1, 0.15) is 0 Å². The van der Waals surface area contributed by atoms with Crippen LogP contribution in [0.4, 0.5) is 0 Å². The van der Waals surface area contributed by atoms with E-state index in [-0.39, 0.29) is 6.04 Å². The molecule has 5 heteroatoms. The van der Waals surface area contributed by atoms with Crippen LogP contribution in [0.1, 0.15) is 29.3 Å². The third-order valence-corrected chi connectivity index (χ3v) is 3.05. The van der Waals surface area contributed by atoms with Crippen molar-refractivity contribution in [3.8, 4) is 0 Å². The molecule has 0 saturated carbocycles. The minimum absolute atomic E-state index is 0.265. The van der Waals surface area contributed by atoms with Gasteiger partial charge in [-0.05, 0) is 31.7 Å². The SMILES string of the molecule is CC(CC(N)=S)N(C)Cc1ccc(C(=O)O)cc1. The van der Waals surface area contributed by atoms with Crippen molar-refractivity contribution < 1.29 is 9.90 Å². The van der Waals surface area contributed by atoms with Crippen LogP contribution in [0.5, 0.6) is 0 Å². The lowest BCUT2D eigenvalue weighted by atomic mass is 10.1. The molecule has 0 aliphatic rings. The summed E-state index contributed by atoms with van der Waals surface area (Å²) >= 11 is 4.89. The number of nitrogens with zero attached hydrogens (tertiary/aromatic N) is 1. The highest BCUT2D eigenvalue weighted by Crippen LogP contribution is 2.10. The molecule has 4 nitrogen and oxygen atoms in total. The lowest BCUT2D eigenvalue weighted by molar-refractivity contribution is 0.0697. The van der Waals surface area contributed by atoms with Gasteiger partial charge in [-0.2, -0.15) is 0 Å². The molecule has 0 aliphatic heterocycles. The lowest BCUT2D eigenvalue weighted by Gasteiger charge is -2.24. The fourth-order valence-electron chi connectivity index (χ4n) is 1.64. The highest BCUT2D eigenvalue weighted by Gasteiger charge is 2.11. The molecule has 0 saturated heterocycles. The van der Waals surface area contributed by atoms with E-state index in [4.69, 9.17) is 23.1 Å². The minimum atomic E-state index is -0.906. The van der Waals surface area contributed by atoms with E-state index in [9.17, 15) is 4.79 Å². The van der Waals surface area contributed by atoms with E-state index in [0.717, 1.165) is 12.1 Å². The van der Waals surface area contributed by atoms with Crippen molar-refractivity contribution in [3.63, 3.8) is 0 Å². The highest BCUT2D eigenvalue weighted by atomic mass is 32.1. The summed E-state index contributed by atoms with van der Waals surface area (Å²) < 4.78 is 0. The van der Waals surface area contributed by atoms with E-state index < -0.39 is 5.97 Å². The Labute approximate surface area is 112 Å². The predicted molar refractivity (Wildman–Crippen MR) is 75.7 cm³/mol. The van der Waals surface area contributed by atoms with Crippen LogP contribution < -0.4 is 5.73 Å². The lowest BCUT2D eigenvalue weighted by Crippen LogP contribution is -2.32. The summed E-state index contributed by atoms with van der Waals surface area (Å²) in [5.74, 6) is -0.906. The van der Waals surface area contributed by atoms with Crippen LogP contribution in [0.25, 0.3) is 0 Å². The summed E-state index contributed by atoms with van der Waals surface area (Å²) in [5, 5.41) is 8.81. The van der Waals surface area contributed by atoms with Crippen molar-refractivity contribution >= 4 is 23.2 Å². The molecule has 0 bridgehead atoms. The molecule has 0 fully saturated rings. The van der Waals surface area contributed by atoms with Gasteiger partial charge in [0.2, 0.25) is 0 Å². The molecule has 1 unspecified atom stereocenters. The van der Waals surface area contributed by atoms with Crippen LogP contribution in [-0.4, -0.2) is 34.1 Å². The van der Waals surface area contributed by atoms with Crippen molar-refractivity contribution in [1.29, 1.82) is 0 Å². The van der Waals surface area contributed by atoms with Gasteiger partial charge in [0.05, 0.1) is 10.6 Å². The monoisotopic (exact) mass is 266 g/mol.